The fourth-order valence-electron chi connectivity index (χ4n) is 2.44. The van der Waals surface area contributed by atoms with Crippen molar-refractivity contribution in [1.29, 1.82) is 0 Å². The number of methoxy groups -OCH3 is 1. The van der Waals surface area contributed by atoms with Gasteiger partial charge in [-0.2, -0.15) is 4.98 Å². The highest BCUT2D eigenvalue weighted by Gasteiger charge is 2.40. The molecule has 2 heterocycles. The fraction of sp³-hybridized carbons (Fsp3) is 0.538. The van der Waals surface area contributed by atoms with Crippen molar-refractivity contribution in [3.8, 4) is 5.88 Å². The summed E-state index contributed by atoms with van der Waals surface area (Å²) < 4.78 is 5.12. The molecular weight excluding hydrogens is 244 g/mol. The third kappa shape index (κ3) is 2.43. The Labute approximate surface area is 112 Å². The maximum absolute atomic E-state index is 11.9. The Hall–Kier alpha value is -1.98. The molecule has 2 rings (SSSR count). The standard InChI is InChI=1S/C13H20N4O2/c1-13(12(18)15-2)6-7-17(8-13)11-9(14)4-5-10(16-11)19-3/h4-5H,6-8,14H2,1-3H3,(H,15,18). The van der Waals surface area contributed by atoms with E-state index in [2.05, 4.69) is 10.3 Å². The minimum Gasteiger partial charge on any atom is -0.481 e. The summed E-state index contributed by atoms with van der Waals surface area (Å²) in [6, 6.07) is 3.50. The van der Waals surface area contributed by atoms with Crippen molar-refractivity contribution < 1.29 is 9.53 Å². The van der Waals surface area contributed by atoms with Gasteiger partial charge in [-0.25, -0.2) is 0 Å². The highest BCUT2D eigenvalue weighted by molar-refractivity contribution is 5.83. The first-order valence-electron chi connectivity index (χ1n) is 6.28. The number of hydrogen-bond acceptors (Lipinski definition) is 5. The molecule has 1 aliphatic heterocycles. The van der Waals surface area contributed by atoms with Crippen LogP contribution in [0.4, 0.5) is 11.5 Å². The van der Waals surface area contributed by atoms with Crippen molar-refractivity contribution in [3.05, 3.63) is 12.1 Å². The molecule has 0 radical (unpaired) electrons. The fourth-order valence-corrected chi connectivity index (χ4v) is 2.44. The van der Waals surface area contributed by atoms with Crippen LogP contribution in [0.25, 0.3) is 0 Å². The highest BCUT2D eigenvalue weighted by atomic mass is 16.5. The first kappa shape index (κ1) is 13.5. The SMILES string of the molecule is CNC(=O)C1(C)CCN(c2nc(OC)ccc2N)C1. The predicted molar refractivity (Wildman–Crippen MR) is 74.2 cm³/mol. The van der Waals surface area contributed by atoms with Crippen molar-refractivity contribution in [2.75, 3.05) is 37.9 Å². The molecule has 1 saturated heterocycles. The minimum atomic E-state index is -0.397. The number of amides is 1. The lowest BCUT2D eigenvalue weighted by Gasteiger charge is -2.24. The molecule has 1 atom stereocenters. The van der Waals surface area contributed by atoms with Crippen LogP contribution in [0.3, 0.4) is 0 Å². The van der Waals surface area contributed by atoms with Crippen LogP contribution in [0.1, 0.15) is 13.3 Å². The average Bonchev–Trinajstić information content (AvgIpc) is 2.82. The summed E-state index contributed by atoms with van der Waals surface area (Å²) in [6.45, 7) is 3.33. The largest absolute Gasteiger partial charge is 0.481 e. The smallest absolute Gasteiger partial charge is 0.227 e. The van der Waals surface area contributed by atoms with Gasteiger partial charge in [-0.05, 0) is 19.4 Å². The van der Waals surface area contributed by atoms with Crippen LogP contribution in [0, 0.1) is 5.41 Å². The van der Waals surface area contributed by atoms with E-state index in [0.29, 0.717) is 23.9 Å². The molecular formula is C13H20N4O2. The molecule has 0 bridgehead atoms. The zero-order chi connectivity index (χ0) is 14.0. The third-order valence-corrected chi connectivity index (χ3v) is 3.64. The van der Waals surface area contributed by atoms with Gasteiger partial charge in [0.1, 0.15) is 0 Å². The number of rotatable bonds is 3. The van der Waals surface area contributed by atoms with Gasteiger partial charge in [-0.3, -0.25) is 4.79 Å². The zero-order valence-corrected chi connectivity index (χ0v) is 11.6. The maximum Gasteiger partial charge on any atom is 0.227 e. The Bertz CT molecular complexity index is 492. The van der Waals surface area contributed by atoms with Gasteiger partial charge in [0, 0.05) is 26.2 Å². The molecule has 1 aliphatic rings. The van der Waals surface area contributed by atoms with Crippen molar-refractivity contribution in [1.82, 2.24) is 10.3 Å². The summed E-state index contributed by atoms with van der Waals surface area (Å²) in [4.78, 5) is 18.3. The average molecular weight is 264 g/mol. The molecule has 1 fully saturated rings. The van der Waals surface area contributed by atoms with Crippen molar-refractivity contribution in [3.63, 3.8) is 0 Å². The van der Waals surface area contributed by atoms with E-state index >= 15 is 0 Å². The topological polar surface area (TPSA) is 80.5 Å². The number of aromatic nitrogens is 1. The second-order valence-corrected chi connectivity index (χ2v) is 5.08. The lowest BCUT2D eigenvalue weighted by atomic mass is 9.89. The summed E-state index contributed by atoms with van der Waals surface area (Å²) in [5.74, 6) is 1.26. The van der Waals surface area contributed by atoms with Crippen LogP contribution < -0.4 is 20.7 Å². The predicted octanol–water partition coefficient (Wildman–Crippen LogP) is 0.635. The van der Waals surface area contributed by atoms with E-state index in [9.17, 15) is 4.79 Å². The van der Waals surface area contributed by atoms with Crippen molar-refractivity contribution in [2.24, 2.45) is 5.41 Å². The molecule has 6 nitrogen and oxygen atoms in total. The van der Waals surface area contributed by atoms with Gasteiger partial charge in [-0.1, -0.05) is 0 Å². The number of nitrogens with one attached hydrogen (secondary N) is 1. The molecule has 6 heteroatoms. The number of hydrogen-bond donors (Lipinski definition) is 2. The zero-order valence-electron chi connectivity index (χ0n) is 11.6. The van der Waals surface area contributed by atoms with Gasteiger partial charge in [0.2, 0.25) is 11.8 Å². The molecule has 0 aliphatic carbocycles. The summed E-state index contributed by atoms with van der Waals surface area (Å²) in [5.41, 5.74) is 6.16. The minimum absolute atomic E-state index is 0.0523. The maximum atomic E-state index is 11.9. The first-order chi connectivity index (χ1) is 9.00. The van der Waals surface area contributed by atoms with Crippen molar-refractivity contribution >= 4 is 17.4 Å². The summed E-state index contributed by atoms with van der Waals surface area (Å²) in [5, 5.41) is 2.71. The first-order valence-corrected chi connectivity index (χ1v) is 6.28. The number of pyridine rings is 1. The lowest BCUT2D eigenvalue weighted by Crippen LogP contribution is -2.39. The number of ether oxygens (including phenoxy) is 1. The Morgan fingerprint density at radius 2 is 2.32 bits per heavy atom. The number of nitrogens with zero attached hydrogens (tertiary/aromatic N) is 2. The van der Waals surface area contributed by atoms with E-state index in [1.165, 1.54) is 0 Å². The molecule has 3 N–H and O–H groups in total. The van der Waals surface area contributed by atoms with Crippen LogP contribution in [0.5, 0.6) is 5.88 Å². The molecule has 0 aromatic carbocycles. The molecule has 104 valence electrons. The monoisotopic (exact) mass is 264 g/mol. The van der Waals surface area contributed by atoms with E-state index in [-0.39, 0.29) is 5.91 Å². The van der Waals surface area contributed by atoms with Gasteiger partial charge in [0.15, 0.2) is 5.82 Å². The van der Waals surface area contributed by atoms with E-state index < -0.39 is 5.41 Å². The van der Waals surface area contributed by atoms with Gasteiger partial charge < -0.3 is 20.7 Å². The molecule has 1 aromatic rings. The van der Waals surface area contributed by atoms with Crippen LogP contribution in [-0.2, 0) is 4.79 Å². The molecule has 1 amide bonds. The number of nitrogen functional groups attached to an aromatic ring is 1. The quantitative estimate of drug-likeness (QED) is 0.837. The van der Waals surface area contributed by atoms with Crippen LogP contribution in [0.15, 0.2) is 12.1 Å². The summed E-state index contributed by atoms with van der Waals surface area (Å²) in [7, 11) is 3.23. The van der Waals surface area contributed by atoms with E-state index in [1.54, 1.807) is 26.3 Å². The Morgan fingerprint density at radius 1 is 1.58 bits per heavy atom. The van der Waals surface area contributed by atoms with E-state index in [1.807, 2.05) is 11.8 Å². The van der Waals surface area contributed by atoms with Gasteiger partial charge >= 0.3 is 0 Å². The van der Waals surface area contributed by atoms with E-state index in [4.69, 9.17) is 10.5 Å². The Balaban J connectivity index is 2.23. The van der Waals surface area contributed by atoms with Gasteiger partial charge in [-0.15, -0.1) is 0 Å². The lowest BCUT2D eigenvalue weighted by molar-refractivity contribution is -0.128. The highest BCUT2D eigenvalue weighted by Crippen LogP contribution is 2.35. The normalized spacial score (nSPS) is 22.4. The van der Waals surface area contributed by atoms with Crippen LogP contribution in [0.2, 0.25) is 0 Å². The van der Waals surface area contributed by atoms with E-state index in [0.717, 1.165) is 13.0 Å². The molecule has 0 spiro atoms. The van der Waals surface area contributed by atoms with Crippen molar-refractivity contribution in [2.45, 2.75) is 13.3 Å². The van der Waals surface area contributed by atoms with Gasteiger partial charge in [0.05, 0.1) is 18.2 Å². The Kier molecular flexibility index (Phi) is 3.50. The molecule has 1 unspecified atom stereocenters. The number of carbonyl (C=O) groups excluding carboxylic acids is 1. The molecule has 19 heavy (non-hydrogen) atoms. The van der Waals surface area contributed by atoms with Crippen LogP contribution in [-0.4, -0.2) is 38.1 Å². The summed E-state index contributed by atoms with van der Waals surface area (Å²) >= 11 is 0. The second-order valence-electron chi connectivity index (χ2n) is 5.08. The summed E-state index contributed by atoms with van der Waals surface area (Å²) in [6.07, 6.45) is 0.783. The number of anilines is 2. The number of nitrogens with two attached hydrogens (primary N) is 1. The van der Waals surface area contributed by atoms with Crippen LogP contribution >= 0.6 is 0 Å². The second kappa shape index (κ2) is 4.95. The Morgan fingerprint density at radius 3 is 2.95 bits per heavy atom. The molecule has 0 saturated carbocycles. The number of carbonyl (C=O) groups is 1. The molecule has 1 aromatic heterocycles. The third-order valence-electron chi connectivity index (χ3n) is 3.64. The van der Waals surface area contributed by atoms with Gasteiger partial charge in [0.25, 0.3) is 0 Å².